The molecule has 2 nitrogen and oxygen atoms in total. The van der Waals surface area contributed by atoms with Gasteiger partial charge in [-0.3, -0.25) is 0 Å². The molecule has 4 heteroatoms. The molecule has 1 unspecified atom stereocenters. The summed E-state index contributed by atoms with van der Waals surface area (Å²) in [6.45, 7) is 7.63. The summed E-state index contributed by atoms with van der Waals surface area (Å²) in [5, 5.41) is 0.996. The van der Waals surface area contributed by atoms with Crippen molar-refractivity contribution in [1.29, 1.82) is 0 Å². The van der Waals surface area contributed by atoms with Gasteiger partial charge in [0.05, 0.1) is 0 Å². The molecule has 1 rings (SSSR count). The van der Waals surface area contributed by atoms with Crippen molar-refractivity contribution in [3.63, 3.8) is 0 Å². The molecule has 0 saturated carbocycles. The Balaban J connectivity index is 2.28. The topological polar surface area (TPSA) is 26.3 Å². The van der Waals surface area contributed by atoms with Crippen LogP contribution in [0.2, 0.25) is 5.02 Å². The quantitative estimate of drug-likeness (QED) is 0.581. The van der Waals surface area contributed by atoms with E-state index in [0.717, 1.165) is 10.8 Å². The number of esters is 1. The molecule has 0 aliphatic heterocycles. The first-order chi connectivity index (χ1) is 8.49. The Kier molecular flexibility index (Phi) is 6.30. The van der Waals surface area contributed by atoms with Crippen molar-refractivity contribution in [2.24, 2.45) is 0 Å². The van der Waals surface area contributed by atoms with Crippen LogP contribution in [0.15, 0.2) is 36.4 Å². The van der Waals surface area contributed by atoms with Crippen molar-refractivity contribution >= 4 is 29.3 Å². The third-order valence-corrected chi connectivity index (χ3v) is 3.70. The lowest BCUT2D eigenvalue weighted by Crippen LogP contribution is -2.13. The van der Waals surface area contributed by atoms with Crippen LogP contribution in [0, 0.1) is 0 Å². The lowest BCUT2D eigenvalue weighted by atomic mass is 10.2. The Morgan fingerprint density at radius 2 is 2.06 bits per heavy atom. The van der Waals surface area contributed by atoms with E-state index in [1.165, 1.54) is 5.56 Å². The maximum Gasteiger partial charge on any atom is 0.333 e. The van der Waals surface area contributed by atoms with Gasteiger partial charge in [-0.05, 0) is 31.5 Å². The van der Waals surface area contributed by atoms with Crippen LogP contribution >= 0.6 is 23.4 Å². The van der Waals surface area contributed by atoms with E-state index >= 15 is 0 Å². The minimum atomic E-state index is -0.325. The van der Waals surface area contributed by atoms with Crippen molar-refractivity contribution in [2.45, 2.75) is 24.9 Å². The smallest absolute Gasteiger partial charge is 0.333 e. The molecule has 1 aromatic rings. The summed E-state index contributed by atoms with van der Waals surface area (Å²) in [5.74, 6) is 0.553. The molecule has 0 radical (unpaired) electrons. The zero-order valence-electron chi connectivity index (χ0n) is 10.6. The Morgan fingerprint density at radius 3 is 2.61 bits per heavy atom. The van der Waals surface area contributed by atoms with Gasteiger partial charge in [0.15, 0.2) is 0 Å². The number of hydrogen-bond acceptors (Lipinski definition) is 3. The molecule has 0 aliphatic carbocycles. The maximum absolute atomic E-state index is 11.2. The van der Waals surface area contributed by atoms with Gasteiger partial charge in [0.25, 0.3) is 0 Å². The number of rotatable bonds is 6. The molecule has 0 bridgehead atoms. The molecular formula is C14H17ClO2S. The Morgan fingerprint density at radius 1 is 1.44 bits per heavy atom. The zero-order valence-corrected chi connectivity index (χ0v) is 12.2. The van der Waals surface area contributed by atoms with Crippen LogP contribution < -0.4 is 0 Å². The highest BCUT2D eigenvalue weighted by atomic mass is 35.5. The van der Waals surface area contributed by atoms with Gasteiger partial charge in [-0.1, -0.05) is 30.3 Å². The highest BCUT2D eigenvalue weighted by Crippen LogP contribution is 2.19. The summed E-state index contributed by atoms with van der Waals surface area (Å²) < 4.78 is 5.09. The van der Waals surface area contributed by atoms with Gasteiger partial charge in [-0.25, -0.2) is 4.79 Å². The summed E-state index contributed by atoms with van der Waals surface area (Å²) in [4.78, 5) is 11.2. The van der Waals surface area contributed by atoms with Crippen LogP contribution in [0.1, 0.15) is 19.4 Å². The fourth-order valence-electron chi connectivity index (χ4n) is 1.18. The second kappa shape index (κ2) is 7.49. The van der Waals surface area contributed by atoms with E-state index < -0.39 is 0 Å². The molecule has 98 valence electrons. The minimum Gasteiger partial charge on any atom is -0.461 e. The maximum atomic E-state index is 11.2. The van der Waals surface area contributed by atoms with Crippen LogP contribution in [0.25, 0.3) is 0 Å². The van der Waals surface area contributed by atoms with E-state index in [4.69, 9.17) is 16.3 Å². The van der Waals surface area contributed by atoms with E-state index in [-0.39, 0.29) is 11.2 Å². The van der Waals surface area contributed by atoms with Gasteiger partial charge in [0.1, 0.15) is 6.61 Å². The van der Waals surface area contributed by atoms with Crippen LogP contribution in [-0.4, -0.2) is 17.8 Å². The number of ether oxygens (including phenoxy) is 1. The highest BCUT2D eigenvalue weighted by molar-refractivity contribution is 7.99. The third-order valence-electron chi connectivity index (χ3n) is 2.25. The molecule has 18 heavy (non-hydrogen) atoms. The van der Waals surface area contributed by atoms with E-state index in [9.17, 15) is 4.79 Å². The summed E-state index contributed by atoms with van der Waals surface area (Å²) in [6, 6.07) is 7.76. The Bertz CT molecular complexity index is 414. The first-order valence-corrected chi connectivity index (χ1v) is 7.10. The average Bonchev–Trinajstić information content (AvgIpc) is 2.35. The van der Waals surface area contributed by atoms with Crippen LogP contribution in [-0.2, 0) is 15.3 Å². The molecule has 0 aromatic heterocycles. The number of hydrogen-bond donors (Lipinski definition) is 0. The fraction of sp³-hybridized carbons (Fsp3) is 0.357. The summed E-state index contributed by atoms with van der Waals surface area (Å²) in [6.07, 6.45) is 0. The lowest BCUT2D eigenvalue weighted by Gasteiger charge is -2.12. The van der Waals surface area contributed by atoms with E-state index in [0.29, 0.717) is 12.2 Å². The highest BCUT2D eigenvalue weighted by Gasteiger charge is 2.08. The largest absolute Gasteiger partial charge is 0.461 e. The monoisotopic (exact) mass is 284 g/mol. The number of thioether (sulfide) groups is 1. The molecule has 0 spiro atoms. The molecule has 0 amide bonds. The summed E-state index contributed by atoms with van der Waals surface area (Å²) in [5.41, 5.74) is 1.65. The van der Waals surface area contributed by atoms with E-state index in [1.54, 1.807) is 18.7 Å². The SMILES string of the molecule is C=C(C)C(=O)OCC(C)SCc1ccc(Cl)cc1. The van der Waals surface area contributed by atoms with E-state index in [2.05, 4.69) is 6.58 Å². The first-order valence-electron chi connectivity index (χ1n) is 5.67. The van der Waals surface area contributed by atoms with Crippen molar-refractivity contribution in [2.75, 3.05) is 6.61 Å². The van der Waals surface area contributed by atoms with Gasteiger partial charge in [0.2, 0.25) is 0 Å². The molecule has 0 saturated heterocycles. The first kappa shape index (κ1) is 15.1. The molecule has 0 fully saturated rings. The summed E-state index contributed by atoms with van der Waals surface area (Å²) in [7, 11) is 0. The molecule has 0 aliphatic rings. The van der Waals surface area contributed by atoms with Crippen LogP contribution in [0.3, 0.4) is 0 Å². The molecule has 0 N–H and O–H groups in total. The average molecular weight is 285 g/mol. The molecule has 1 aromatic carbocycles. The van der Waals surface area contributed by atoms with Crippen LogP contribution in [0.4, 0.5) is 0 Å². The van der Waals surface area contributed by atoms with Gasteiger partial charge >= 0.3 is 5.97 Å². The Hall–Kier alpha value is -0.930. The number of carbonyl (C=O) groups is 1. The molecule has 1 atom stereocenters. The number of halogens is 1. The second-order valence-corrected chi connectivity index (χ2v) is 5.99. The third kappa shape index (κ3) is 5.61. The predicted octanol–water partition coefficient (Wildman–Crippen LogP) is 4.08. The van der Waals surface area contributed by atoms with Crippen LogP contribution in [0.5, 0.6) is 0 Å². The van der Waals surface area contributed by atoms with Gasteiger partial charge < -0.3 is 4.74 Å². The number of carbonyl (C=O) groups excluding carboxylic acids is 1. The summed E-state index contributed by atoms with van der Waals surface area (Å²) >= 11 is 7.56. The van der Waals surface area contributed by atoms with Crippen molar-refractivity contribution in [3.05, 3.63) is 47.0 Å². The zero-order chi connectivity index (χ0) is 13.5. The van der Waals surface area contributed by atoms with Crippen molar-refractivity contribution in [3.8, 4) is 0 Å². The second-order valence-electron chi connectivity index (χ2n) is 4.13. The predicted molar refractivity (Wildman–Crippen MR) is 78.0 cm³/mol. The number of benzene rings is 1. The van der Waals surface area contributed by atoms with Gasteiger partial charge in [-0.2, -0.15) is 11.8 Å². The van der Waals surface area contributed by atoms with E-state index in [1.807, 2.05) is 31.2 Å². The van der Waals surface area contributed by atoms with Gasteiger partial charge in [0, 0.05) is 21.6 Å². The Labute approximate surface area is 117 Å². The van der Waals surface area contributed by atoms with Crippen molar-refractivity contribution < 1.29 is 9.53 Å². The normalized spacial score (nSPS) is 11.9. The minimum absolute atomic E-state index is 0.254. The van der Waals surface area contributed by atoms with Gasteiger partial charge in [-0.15, -0.1) is 0 Å². The molecular weight excluding hydrogens is 268 g/mol. The fourth-order valence-corrected chi connectivity index (χ4v) is 2.14. The lowest BCUT2D eigenvalue weighted by molar-refractivity contribution is -0.138. The molecule has 0 heterocycles. The standard InChI is InChI=1S/C14H17ClO2S/c1-10(2)14(16)17-8-11(3)18-9-12-4-6-13(15)7-5-12/h4-7,11H,1,8-9H2,2-3H3. The van der Waals surface area contributed by atoms with Crippen molar-refractivity contribution in [1.82, 2.24) is 0 Å².